The predicted octanol–water partition coefficient (Wildman–Crippen LogP) is 4.50. The summed E-state index contributed by atoms with van der Waals surface area (Å²) in [6.45, 7) is 9.06. The highest BCUT2D eigenvalue weighted by Crippen LogP contribution is 2.60. The lowest BCUT2D eigenvalue weighted by Crippen LogP contribution is -2.31. The maximum Gasteiger partial charge on any atom is 0.333 e. The molecule has 3 N–H and O–H groups in total. The van der Waals surface area contributed by atoms with Gasteiger partial charge in [0.2, 0.25) is 7.37 Å². The normalized spacial score (nSPS) is 19.9. The Balaban J connectivity index is 2.42. The lowest BCUT2D eigenvalue weighted by Gasteiger charge is -2.28. The van der Waals surface area contributed by atoms with Gasteiger partial charge in [-0.1, -0.05) is 56.4 Å². The van der Waals surface area contributed by atoms with E-state index >= 15 is 0 Å². The molecule has 5 nitrogen and oxygen atoms in total. The molecule has 3 unspecified atom stereocenters. The minimum Gasteiger partial charge on any atom is -0.479 e. The van der Waals surface area contributed by atoms with E-state index in [0.29, 0.717) is 11.5 Å². The van der Waals surface area contributed by atoms with Crippen LogP contribution in [-0.2, 0) is 15.8 Å². The van der Waals surface area contributed by atoms with Crippen LogP contribution in [0.4, 0.5) is 0 Å². The number of hydrogen-bond donors (Lipinski definition) is 3. The van der Waals surface area contributed by atoms with Gasteiger partial charge in [-0.25, -0.2) is 4.79 Å². The van der Waals surface area contributed by atoms with Crippen molar-refractivity contribution in [2.75, 3.05) is 0 Å². The maximum atomic E-state index is 13.1. The standard InChI is InChI=1S/C21H31O5P/c1-13-10-14(2)19(18(11-13)12-17-8-6-5-7-9-17)15(3)27(25,26)16(4)20(22)21(23)24/h10-11,16-17,20,22H,3,5-9,12H2,1-2,4H3,(H,23,24)(H,25,26). The van der Waals surface area contributed by atoms with Crippen LogP contribution in [0.2, 0.25) is 0 Å². The summed E-state index contributed by atoms with van der Waals surface area (Å²) in [4.78, 5) is 21.8. The monoisotopic (exact) mass is 394 g/mol. The fraction of sp³-hybridized carbons (Fsp3) is 0.571. The molecule has 0 saturated heterocycles. The van der Waals surface area contributed by atoms with Crippen LogP contribution in [0.25, 0.3) is 5.31 Å². The topological polar surface area (TPSA) is 94.8 Å². The van der Waals surface area contributed by atoms with E-state index < -0.39 is 25.1 Å². The third-order valence-corrected chi connectivity index (χ3v) is 8.12. The molecule has 2 rings (SSSR count). The van der Waals surface area contributed by atoms with Crippen molar-refractivity contribution in [3.8, 4) is 0 Å². The van der Waals surface area contributed by atoms with Gasteiger partial charge in [-0.05, 0) is 49.8 Å². The first kappa shape index (κ1) is 21.9. The number of carboxylic acids is 1. The van der Waals surface area contributed by atoms with Crippen LogP contribution in [0.5, 0.6) is 0 Å². The Hall–Kier alpha value is -1.42. The van der Waals surface area contributed by atoms with Gasteiger partial charge in [-0.2, -0.15) is 0 Å². The molecule has 0 spiro atoms. The number of aliphatic carboxylic acids is 1. The Morgan fingerprint density at radius 1 is 1.26 bits per heavy atom. The molecule has 1 aromatic rings. The van der Waals surface area contributed by atoms with E-state index in [1.54, 1.807) is 0 Å². The summed E-state index contributed by atoms with van der Waals surface area (Å²) in [5.74, 6) is -0.959. The van der Waals surface area contributed by atoms with Gasteiger partial charge in [0.05, 0.1) is 5.66 Å². The van der Waals surface area contributed by atoms with Gasteiger partial charge in [0, 0.05) is 5.31 Å². The Bertz CT molecular complexity index is 764. The summed E-state index contributed by atoms with van der Waals surface area (Å²) in [6, 6.07) is 3.99. The second-order valence-electron chi connectivity index (χ2n) is 7.92. The molecule has 1 aromatic carbocycles. The molecule has 0 bridgehead atoms. The number of aliphatic hydroxyl groups is 1. The molecular formula is C21H31O5P. The molecule has 27 heavy (non-hydrogen) atoms. The van der Waals surface area contributed by atoms with Crippen LogP contribution in [-0.4, -0.2) is 32.8 Å². The van der Waals surface area contributed by atoms with Crippen molar-refractivity contribution in [1.82, 2.24) is 0 Å². The van der Waals surface area contributed by atoms with E-state index in [0.717, 1.165) is 36.0 Å². The van der Waals surface area contributed by atoms with Crippen molar-refractivity contribution in [2.45, 2.75) is 71.1 Å². The first-order valence-corrected chi connectivity index (χ1v) is 11.3. The van der Waals surface area contributed by atoms with Crippen molar-refractivity contribution in [1.29, 1.82) is 0 Å². The zero-order valence-electron chi connectivity index (χ0n) is 16.4. The van der Waals surface area contributed by atoms with E-state index in [9.17, 15) is 19.4 Å². The van der Waals surface area contributed by atoms with Crippen LogP contribution in [0.3, 0.4) is 0 Å². The largest absolute Gasteiger partial charge is 0.479 e. The van der Waals surface area contributed by atoms with Crippen molar-refractivity contribution >= 4 is 18.7 Å². The number of aliphatic hydroxyl groups excluding tert-OH is 1. The van der Waals surface area contributed by atoms with Crippen molar-refractivity contribution < 1.29 is 24.5 Å². The number of hydrogen-bond acceptors (Lipinski definition) is 3. The molecule has 3 atom stereocenters. The van der Waals surface area contributed by atoms with Crippen molar-refractivity contribution in [3.63, 3.8) is 0 Å². The Morgan fingerprint density at radius 2 is 1.85 bits per heavy atom. The molecule has 0 heterocycles. The number of carboxylic acid groups (broad SMARTS) is 1. The highest BCUT2D eigenvalue weighted by Gasteiger charge is 2.40. The number of rotatable bonds is 7. The van der Waals surface area contributed by atoms with Gasteiger partial charge in [0.25, 0.3) is 0 Å². The lowest BCUT2D eigenvalue weighted by atomic mass is 9.83. The lowest BCUT2D eigenvalue weighted by molar-refractivity contribution is -0.146. The van der Waals surface area contributed by atoms with Crippen LogP contribution in [0.15, 0.2) is 18.7 Å². The van der Waals surface area contributed by atoms with Crippen molar-refractivity contribution in [3.05, 3.63) is 41.0 Å². The summed E-state index contributed by atoms with van der Waals surface area (Å²) in [5.41, 5.74) is 2.27. The molecular weight excluding hydrogens is 363 g/mol. The molecule has 6 heteroatoms. The minimum absolute atomic E-state index is 0.0404. The summed E-state index contributed by atoms with van der Waals surface area (Å²) < 4.78 is 13.1. The fourth-order valence-corrected chi connectivity index (χ4v) is 5.78. The van der Waals surface area contributed by atoms with E-state index in [1.165, 1.54) is 26.2 Å². The van der Waals surface area contributed by atoms with Gasteiger partial charge < -0.3 is 15.1 Å². The average Bonchev–Trinajstić information content (AvgIpc) is 2.60. The van der Waals surface area contributed by atoms with Gasteiger partial charge in [0.1, 0.15) is 0 Å². The van der Waals surface area contributed by atoms with Crippen LogP contribution >= 0.6 is 7.37 Å². The zero-order valence-corrected chi connectivity index (χ0v) is 17.3. The minimum atomic E-state index is -4.15. The van der Waals surface area contributed by atoms with Crippen LogP contribution < -0.4 is 0 Å². The van der Waals surface area contributed by atoms with Crippen molar-refractivity contribution in [2.24, 2.45) is 5.92 Å². The first-order chi connectivity index (χ1) is 12.6. The van der Waals surface area contributed by atoms with Gasteiger partial charge in [0.15, 0.2) is 6.10 Å². The molecule has 0 aliphatic heterocycles. The molecule has 0 aromatic heterocycles. The quantitative estimate of drug-likeness (QED) is 0.592. The SMILES string of the molecule is C=C(c1c(C)cc(C)cc1CC1CCCCC1)P(=O)(O)C(C)C(O)C(=O)O. The predicted molar refractivity (Wildman–Crippen MR) is 108 cm³/mol. The number of benzene rings is 1. The van der Waals surface area contributed by atoms with E-state index in [4.69, 9.17) is 5.11 Å². The van der Waals surface area contributed by atoms with E-state index in [1.807, 2.05) is 26.0 Å². The fourth-order valence-electron chi connectivity index (χ4n) is 4.14. The summed E-state index contributed by atoms with van der Waals surface area (Å²) in [6.07, 6.45) is 4.92. The number of carbonyl (C=O) groups is 1. The third kappa shape index (κ3) is 4.90. The highest BCUT2D eigenvalue weighted by molar-refractivity contribution is 7.69. The summed E-state index contributed by atoms with van der Waals surface area (Å²) in [5, 5.41) is 18.9. The molecule has 0 radical (unpaired) electrons. The van der Waals surface area contributed by atoms with Gasteiger partial charge in [-0.15, -0.1) is 0 Å². The maximum absolute atomic E-state index is 13.1. The van der Waals surface area contributed by atoms with Crippen LogP contribution in [0, 0.1) is 19.8 Å². The number of aryl methyl sites for hydroxylation is 2. The molecule has 150 valence electrons. The van der Waals surface area contributed by atoms with E-state index in [-0.39, 0.29) is 5.31 Å². The Labute approximate surface area is 161 Å². The smallest absolute Gasteiger partial charge is 0.333 e. The average molecular weight is 394 g/mol. The third-order valence-electron chi connectivity index (χ3n) is 5.73. The first-order valence-electron chi connectivity index (χ1n) is 9.59. The highest BCUT2D eigenvalue weighted by atomic mass is 31.2. The zero-order chi connectivity index (χ0) is 20.4. The Morgan fingerprint density at radius 3 is 2.41 bits per heavy atom. The molecule has 1 aliphatic carbocycles. The molecule has 1 aliphatic rings. The van der Waals surface area contributed by atoms with E-state index in [2.05, 4.69) is 6.58 Å². The van der Waals surface area contributed by atoms with Gasteiger partial charge >= 0.3 is 5.97 Å². The van der Waals surface area contributed by atoms with Gasteiger partial charge in [-0.3, -0.25) is 4.57 Å². The summed E-state index contributed by atoms with van der Waals surface area (Å²) >= 11 is 0. The summed E-state index contributed by atoms with van der Waals surface area (Å²) in [7, 11) is -4.15. The van der Waals surface area contributed by atoms with Crippen LogP contribution in [0.1, 0.15) is 61.3 Å². The second-order valence-corrected chi connectivity index (χ2v) is 10.5. The molecule has 1 fully saturated rings. The second kappa shape index (κ2) is 8.72. The molecule has 0 amide bonds. The molecule has 1 saturated carbocycles. The Kier molecular flexibility index (Phi) is 7.07.